The van der Waals surface area contributed by atoms with Crippen LogP contribution < -0.4 is 9.47 Å². The zero-order valence-electron chi connectivity index (χ0n) is 17.2. The predicted molar refractivity (Wildman–Crippen MR) is 116 cm³/mol. The van der Waals surface area contributed by atoms with Crippen molar-refractivity contribution >= 4 is 10.8 Å². The van der Waals surface area contributed by atoms with Crippen molar-refractivity contribution in [3.63, 3.8) is 0 Å². The van der Waals surface area contributed by atoms with E-state index in [9.17, 15) is 0 Å². The minimum Gasteiger partial charge on any atom is -0.492 e. The summed E-state index contributed by atoms with van der Waals surface area (Å²) >= 11 is 0. The van der Waals surface area contributed by atoms with Crippen LogP contribution in [-0.4, -0.2) is 37.7 Å². The molecular weight excluding hydrogens is 346 g/mol. The normalized spacial score (nSPS) is 18.0. The van der Waals surface area contributed by atoms with Crippen molar-refractivity contribution in [1.82, 2.24) is 4.90 Å². The molecule has 3 nitrogen and oxygen atoms in total. The lowest BCUT2D eigenvalue weighted by molar-refractivity contribution is 0.0771. The second-order valence-corrected chi connectivity index (χ2v) is 8.54. The van der Waals surface area contributed by atoms with Crippen LogP contribution in [0.25, 0.3) is 10.8 Å². The maximum Gasteiger partial charge on any atom is 0.127 e. The van der Waals surface area contributed by atoms with E-state index in [1.807, 2.05) is 0 Å². The standard InChI is InChI=1S/C25H29NO2/c1-25(2)17-23(21-11-7-9-18-8-5-6-10-20(18)21)22-13-12-19(16-24(22)28-25)27-15-14-26(3)4/h5-13,16,23H,14-15,17H2,1-4H3. The van der Waals surface area contributed by atoms with Crippen molar-refractivity contribution in [2.45, 2.75) is 31.8 Å². The van der Waals surface area contributed by atoms with Gasteiger partial charge in [0.05, 0.1) is 0 Å². The van der Waals surface area contributed by atoms with Gasteiger partial charge in [0.2, 0.25) is 0 Å². The Morgan fingerprint density at radius 3 is 2.61 bits per heavy atom. The number of nitrogens with zero attached hydrogens (tertiary/aromatic N) is 1. The van der Waals surface area contributed by atoms with Gasteiger partial charge in [-0.25, -0.2) is 0 Å². The SMILES string of the molecule is CN(C)CCOc1ccc2c(c1)OC(C)(C)CC2c1cccc2ccccc12. The van der Waals surface area contributed by atoms with Crippen LogP contribution in [0.2, 0.25) is 0 Å². The van der Waals surface area contributed by atoms with Crippen molar-refractivity contribution in [3.8, 4) is 11.5 Å². The predicted octanol–water partition coefficient (Wildman–Crippen LogP) is 5.47. The van der Waals surface area contributed by atoms with Crippen molar-refractivity contribution < 1.29 is 9.47 Å². The molecule has 0 radical (unpaired) electrons. The maximum atomic E-state index is 6.36. The molecule has 0 aromatic heterocycles. The van der Waals surface area contributed by atoms with Crippen LogP contribution in [0.1, 0.15) is 37.3 Å². The lowest BCUT2D eigenvalue weighted by Gasteiger charge is -2.38. The molecule has 3 heteroatoms. The molecule has 0 bridgehead atoms. The Balaban J connectivity index is 1.72. The Hall–Kier alpha value is -2.52. The molecule has 0 fully saturated rings. The van der Waals surface area contributed by atoms with Crippen molar-refractivity contribution in [2.75, 3.05) is 27.2 Å². The number of hydrogen-bond donors (Lipinski definition) is 0. The van der Waals surface area contributed by atoms with Gasteiger partial charge in [-0.3, -0.25) is 0 Å². The van der Waals surface area contributed by atoms with E-state index in [2.05, 4.69) is 93.5 Å². The van der Waals surface area contributed by atoms with Gasteiger partial charge in [0.1, 0.15) is 23.7 Å². The summed E-state index contributed by atoms with van der Waals surface area (Å²) in [5, 5.41) is 2.61. The van der Waals surface area contributed by atoms with Gasteiger partial charge < -0.3 is 14.4 Å². The molecular formula is C25H29NO2. The summed E-state index contributed by atoms with van der Waals surface area (Å²) in [6, 6.07) is 21.6. The van der Waals surface area contributed by atoms with Gasteiger partial charge in [-0.05, 0) is 56.8 Å². The lowest BCUT2D eigenvalue weighted by atomic mass is 9.78. The summed E-state index contributed by atoms with van der Waals surface area (Å²) in [6.45, 7) is 5.91. The molecule has 0 aliphatic carbocycles. The molecule has 3 aromatic rings. The van der Waals surface area contributed by atoms with Gasteiger partial charge in [0, 0.05) is 24.1 Å². The molecule has 28 heavy (non-hydrogen) atoms. The first-order valence-electron chi connectivity index (χ1n) is 10.0. The summed E-state index contributed by atoms with van der Waals surface area (Å²) in [5.74, 6) is 2.12. The number of hydrogen-bond acceptors (Lipinski definition) is 3. The quantitative estimate of drug-likeness (QED) is 0.590. The van der Waals surface area contributed by atoms with Crippen molar-refractivity contribution in [3.05, 3.63) is 71.8 Å². The van der Waals surface area contributed by atoms with Crippen molar-refractivity contribution in [2.24, 2.45) is 0 Å². The molecule has 4 rings (SSSR count). The van der Waals surface area contributed by atoms with Crippen LogP contribution in [0.15, 0.2) is 60.7 Å². The van der Waals surface area contributed by atoms with E-state index < -0.39 is 0 Å². The van der Waals surface area contributed by atoms with Gasteiger partial charge >= 0.3 is 0 Å². The van der Waals surface area contributed by atoms with E-state index in [1.54, 1.807) is 0 Å². The minimum atomic E-state index is -0.225. The average Bonchev–Trinajstić information content (AvgIpc) is 2.65. The largest absolute Gasteiger partial charge is 0.492 e. The molecule has 0 saturated carbocycles. The van der Waals surface area contributed by atoms with Gasteiger partial charge in [-0.2, -0.15) is 0 Å². The summed E-state index contributed by atoms with van der Waals surface area (Å²) in [7, 11) is 4.10. The first kappa shape index (κ1) is 18.8. The fourth-order valence-corrected chi connectivity index (χ4v) is 4.10. The van der Waals surface area contributed by atoms with E-state index in [0.29, 0.717) is 12.5 Å². The highest BCUT2D eigenvalue weighted by molar-refractivity contribution is 5.86. The average molecular weight is 376 g/mol. The fourth-order valence-electron chi connectivity index (χ4n) is 4.10. The molecule has 1 aliphatic rings. The molecule has 0 amide bonds. The van der Waals surface area contributed by atoms with Gasteiger partial charge in [0.25, 0.3) is 0 Å². The van der Waals surface area contributed by atoms with E-state index >= 15 is 0 Å². The smallest absolute Gasteiger partial charge is 0.127 e. The highest BCUT2D eigenvalue weighted by Crippen LogP contribution is 2.46. The molecule has 0 N–H and O–H groups in total. The highest BCUT2D eigenvalue weighted by atomic mass is 16.5. The Bertz CT molecular complexity index is 972. The summed E-state index contributed by atoms with van der Waals surface area (Å²) in [5.41, 5.74) is 2.39. The molecule has 1 aliphatic heterocycles. The highest BCUT2D eigenvalue weighted by Gasteiger charge is 2.35. The van der Waals surface area contributed by atoms with Crippen molar-refractivity contribution in [1.29, 1.82) is 0 Å². The third kappa shape index (κ3) is 3.85. The van der Waals surface area contributed by atoms with E-state index in [-0.39, 0.29) is 5.60 Å². The number of rotatable bonds is 5. The minimum absolute atomic E-state index is 0.225. The molecule has 3 aromatic carbocycles. The first-order valence-corrected chi connectivity index (χ1v) is 10.0. The van der Waals surface area contributed by atoms with Crippen LogP contribution in [0.3, 0.4) is 0 Å². The fraction of sp³-hybridized carbons (Fsp3) is 0.360. The van der Waals surface area contributed by atoms with E-state index in [1.165, 1.54) is 21.9 Å². The third-order valence-corrected chi connectivity index (χ3v) is 5.45. The summed E-state index contributed by atoms with van der Waals surface area (Å²) in [6.07, 6.45) is 0.953. The molecule has 1 heterocycles. The van der Waals surface area contributed by atoms with Crippen LogP contribution in [0.4, 0.5) is 0 Å². The van der Waals surface area contributed by atoms with E-state index in [4.69, 9.17) is 9.47 Å². The number of likely N-dealkylation sites (N-methyl/N-ethyl adjacent to an activating group) is 1. The Labute approximate surface area is 167 Å². The number of fused-ring (bicyclic) bond motifs is 2. The second-order valence-electron chi connectivity index (χ2n) is 8.54. The Morgan fingerprint density at radius 1 is 1.00 bits per heavy atom. The monoisotopic (exact) mass is 375 g/mol. The molecule has 1 atom stereocenters. The third-order valence-electron chi connectivity index (χ3n) is 5.45. The van der Waals surface area contributed by atoms with Gasteiger partial charge in [-0.15, -0.1) is 0 Å². The zero-order chi connectivity index (χ0) is 19.7. The molecule has 0 saturated heterocycles. The van der Waals surface area contributed by atoms with Gasteiger partial charge in [-0.1, -0.05) is 48.5 Å². The molecule has 0 spiro atoms. The molecule has 146 valence electrons. The summed E-state index contributed by atoms with van der Waals surface area (Å²) in [4.78, 5) is 2.12. The van der Waals surface area contributed by atoms with Crippen LogP contribution in [0, 0.1) is 0 Å². The van der Waals surface area contributed by atoms with Crippen LogP contribution >= 0.6 is 0 Å². The summed E-state index contributed by atoms with van der Waals surface area (Å²) < 4.78 is 12.3. The number of benzene rings is 3. The Morgan fingerprint density at radius 2 is 1.79 bits per heavy atom. The molecule has 1 unspecified atom stereocenters. The maximum absolute atomic E-state index is 6.36. The van der Waals surface area contributed by atoms with Crippen LogP contribution in [0.5, 0.6) is 11.5 Å². The zero-order valence-corrected chi connectivity index (χ0v) is 17.2. The lowest BCUT2D eigenvalue weighted by Crippen LogP contribution is -2.35. The topological polar surface area (TPSA) is 21.7 Å². The van der Waals surface area contributed by atoms with E-state index in [0.717, 1.165) is 24.5 Å². The second kappa shape index (κ2) is 7.48. The van der Waals surface area contributed by atoms with Crippen LogP contribution in [-0.2, 0) is 0 Å². The number of ether oxygens (including phenoxy) is 2. The Kier molecular flexibility index (Phi) is 5.03. The first-order chi connectivity index (χ1) is 13.4. The van der Waals surface area contributed by atoms with Gasteiger partial charge in [0.15, 0.2) is 0 Å².